The summed E-state index contributed by atoms with van der Waals surface area (Å²) in [7, 11) is 1.59. The van der Waals surface area contributed by atoms with Crippen molar-refractivity contribution in [1.82, 2.24) is 15.3 Å². The second-order valence-corrected chi connectivity index (χ2v) is 10.2. The third-order valence-electron chi connectivity index (χ3n) is 7.03. The lowest BCUT2D eigenvalue weighted by Crippen LogP contribution is -2.58. The molecule has 9 nitrogen and oxygen atoms in total. The van der Waals surface area contributed by atoms with Crippen LogP contribution in [0.5, 0.6) is 11.8 Å². The molecule has 2 atom stereocenters. The van der Waals surface area contributed by atoms with E-state index in [1.807, 2.05) is 30.3 Å². The van der Waals surface area contributed by atoms with Crippen LogP contribution in [0.25, 0.3) is 0 Å². The fourth-order valence-electron chi connectivity index (χ4n) is 5.21. The predicted octanol–water partition coefficient (Wildman–Crippen LogP) is 4.67. The van der Waals surface area contributed by atoms with Crippen molar-refractivity contribution in [1.29, 1.82) is 0 Å². The van der Waals surface area contributed by atoms with Gasteiger partial charge in [0.05, 0.1) is 20.2 Å². The van der Waals surface area contributed by atoms with E-state index < -0.39 is 17.6 Å². The first-order valence-electron chi connectivity index (χ1n) is 13.0. The Labute approximate surface area is 242 Å². The van der Waals surface area contributed by atoms with Gasteiger partial charge in [0.1, 0.15) is 11.3 Å². The molecule has 0 fully saturated rings. The maximum Gasteiger partial charge on any atom is 0.347 e. The summed E-state index contributed by atoms with van der Waals surface area (Å²) in [5.41, 5.74) is 2.10. The van der Waals surface area contributed by atoms with Gasteiger partial charge in [-0.2, -0.15) is 0 Å². The number of carbonyl (C=O) groups excluding carboxylic acids is 1. The summed E-state index contributed by atoms with van der Waals surface area (Å²) in [6, 6.07) is 23.2. The monoisotopic (exact) mass is 572 g/mol. The van der Waals surface area contributed by atoms with Gasteiger partial charge in [-0.25, -0.2) is 14.8 Å². The first kappa shape index (κ1) is 28.1. The van der Waals surface area contributed by atoms with Crippen LogP contribution in [-0.4, -0.2) is 46.7 Å². The molecular weight excluding hydrogens is 544 g/mol. The minimum absolute atomic E-state index is 0.0822. The largest absolute Gasteiger partial charge is 0.497 e. The minimum atomic E-state index is -1.59. The van der Waals surface area contributed by atoms with Crippen LogP contribution in [-0.2, 0) is 21.7 Å². The molecule has 2 N–H and O–H groups in total. The maximum absolute atomic E-state index is 13.7. The number of ether oxygens (including phenoxy) is 2. The van der Waals surface area contributed by atoms with E-state index in [1.54, 1.807) is 74.4 Å². The Bertz CT molecular complexity index is 1560. The van der Waals surface area contributed by atoms with Gasteiger partial charge in [0.15, 0.2) is 0 Å². The number of nitrogens with zero attached hydrogens (tertiary/aromatic N) is 3. The van der Waals surface area contributed by atoms with Gasteiger partial charge in [0.25, 0.3) is 0 Å². The van der Waals surface area contributed by atoms with Gasteiger partial charge in [-0.15, -0.1) is 0 Å². The summed E-state index contributed by atoms with van der Waals surface area (Å²) in [4.78, 5) is 37.1. The van der Waals surface area contributed by atoms with Crippen molar-refractivity contribution in [3.63, 3.8) is 0 Å². The highest BCUT2D eigenvalue weighted by Gasteiger charge is 2.52. The topological polar surface area (TPSA) is 114 Å². The number of methoxy groups -OCH3 is 1. The molecule has 1 aliphatic heterocycles. The molecule has 0 saturated heterocycles. The molecule has 0 saturated carbocycles. The zero-order valence-electron chi connectivity index (χ0n) is 22.8. The first-order valence-corrected chi connectivity index (χ1v) is 13.3. The number of halogens is 1. The van der Waals surface area contributed by atoms with E-state index in [9.17, 15) is 14.7 Å². The number of rotatable bonds is 8. The van der Waals surface area contributed by atoms with E-state index in [0.29, 0.717) is 39.0 Å². The zero-order valence-corrected chi connectivity index (χ0v) is 23.6. The standard InChI is InChI=1S/C31H29ClN4O5/c1-19-15-20(2)35-30(34-19)41-28(29(38)39)31(22-7-5-4-6-8-22)25-16-23(32)11-14-26(25)36(27(37)17-33-31)18-21-9-12-24(40-3)13-10-21/h4-16,28,33H,17-18H2,1-3H3,(H,38,39)/t28-,31+/m1/s1. The zero-order chi connectivity index (χ0) is 29.1. The van der Waals surface area contributed by atoms with E-state index in [0.717, 1.165) is 5.56 Å². The van der Waals surface area contributed by atoms with Crippen LogP contribution in [0.1, 0.15) is 28.1 Å². The normalized spacial score (nSPS) is 17.4. The summed E-state index contributed by atoms with van der Waals surface area (Å²) in [6.07, 6.45) is -1.59. The van der Waals surface area contributed by atoms with Crippen LogP contribution in [0.15, 0.2) is 78.9 Å². The Morgan fingerprint density at radius 2 is 1.73 bits per heavy atom. The highest BCUT2D eigenvalue weighted by molar-refractivity contribution is 6.30. The lowest BCUT2D eigenvalue weighted by atomic mass is 9.77. The van der Waals surface area contributed by atoms with Gasteiger partial charge in [0.2, 0.25) is 12.0 Å². The van der Waals surface area contributed by atoms with E-state index in [2.05, 4.69) is 15.3 Å². The molecule has 0 radical (unpaired) electrons. The van der Waals surface area contributed by atoms with Crippen LogP contribution in [0.2, 0.25) is 5.02 Å². The van der Waals surface area contributed by atoms with Crippen molar-refractivity contribution in [2.24, 2.45) is 0 Å². The van der Waals surface area contributed by atoms with Crippen molar-refractivity contribution < 1.29 is 24.2 Å². The number of benzene rings is 3. The van der Waals surface area contributed by atoms with Crippen molar-refractivity contribution >= 4 is 29.2 Å². The molecule has 0 unspecified atom stereocenters. The van der Waals surface area contributed by atoms with Gasteiger partial charge in [-0.05, 0) is 61.4 Å². The van der Waals surface area contributed by atoms with Crippen LogP contribution >= 0.6 is 11.6 Å². The van der Waals surface area contributed by atoms with Crippen molar-refractivity contribution in [2.45, 2.75) is 32.0 Å². The summed E-state index contributed by atoms with van der Waals surface area (Å²) < 4.78 is 11.4. The molecule has 0 bridgehead atoms. The molecule has 5 rings (SSSR count). The summed E-state index contributed by atoms with van der Waals surface area (Å²) in [5.74, 6) is -0.831. The molecule has 2 heterocycles. The number of nitrogens with one attached hydrogen (secondary N) is 1. The van der Waals surface area contributed by atoms with Crippen LogP contribution in [0.3, 0.4) is 0 Å². The summed E-state index contributed by atoms with van der Waals surface area (Å²) in [6.45, 7) is 3.61. The van der Waals surface area contributed by atoms with Crippen LogP contribution in [0, 0.1) is 13.8 Å². The molecule has 0 aliphatic carbocycles. The van der Waals surface area contributed by atoms with Crippen LogP contribution in [0.4, 0.5) is 5.69 Å². The number of aryl methyl sites for hydroxylation is 2. The molecule has 1 amide bonds. The fourth-order valence-corrected chi connectivity index (χ4v) is 5.38. The SMILES string of the molecule is COc1ccc(CN2C(=O)CN[C@](c3ccccc3)([C@H](Oc3nc(C)cc(C)n3)C(=O)O)c3cc(Cl)ccc32)cc1. The van der Waals surface area contributed by atoms with Gasteiger partial charge in [0, 0.05) is 27.7 Å². The second-order valence-electron chi connectivity index (χ2n) is 9.79. The van der Waals surface area contributed by atoms with Gasteiger partial charge in [-0.1, -0.05) is 54.1 Å². The minimum Gasteiger partial charge on any atom is -0.497 e. The number of amides is 1. The highest BCUT2D eigenvalue weighted by atomic mass is 35.5. The molecule has 210 valence electrons. The Balaban J connectivity index is 1.72. The van der Waals surface area contributed by atoms with Gasteiger partial charge >= 0.3 is 12.0 Å². The van der Waals surface area contributed by atoms with E-state index in [1.165, 1.54) is 0 Å². The second kappa shape index (κ2) is 11.6. The molecular formula is C31H29ClN4O5. The number of anilines is 1. The molecule has 4 aromatic rings. The molecule has 1 aromatic heterocycles. The first-order chi connectivity index (χ1) is 19.7. The predicted molar refractivity (Wildman–Crippen MR) is 154 cm³/mol. The quantitative estimate of drug-likeness (QED) is 0.313. The molecule has 3 aromatic carbocycles. The van der Waals surface area contributed by atoms with Crippen LogP contribution < -0.4 is 19.7 Å². The highest BCUT2D eigenvalue weighted by Crippen LogP contribution is 2.43. The molecule has 1 aliphatic rings. The fraction of sp³-hybridized carbons (Fsp3) is 0.226. The van der Waals surface area contributed by atoms with E-state index in [-0.39, 0.29) is 25.0 Å². The summed E-state index contributed by atoms with van der Waals surface area (Å²) >= 11 is 6.55. The third kappa shape index (κ3) is 5.59. The Morgan fingerprint density at radius 3 is 2.37 bits per heavy atom. The van der Waals surface area contributed by atoms with Crippen molar-refractivity contribution in [2.75, 3.05) is 18.6 Å². The number of hydrogen-bond acceptors (Lipinski definition) is 7. The third-order valence-corrected chi connectivity index (χ3v) is 7.26. The molecule has 41 heavy (non-hydrogen) atoms. The maximum atomic E-state index is 13.7. The average molecular weight is 573 g/mol. The number of hydrogen-bond donors (Lipinski definition) is 2. The number of fused-ring (bicyclic) bond motifs is 1. The number of aromatic nitrogens is 2. The van der Waals surface area contributed by atoms with Gasteiger partial charge < -0.3 is 19.5 Å². The Morgan fingerprint density at radius 1 is 1.05 bits per heavy atom. The van der Waals surface area contributed by atoms with Crippen molar-refractivity contribution in [3.05, 3.63) is 112 Å². The number of carbonyl (C=O) groups is 2. The van der Waals surface area contributed by atoms with E-state index in [4.69, 9.17) is 21.1 Å². The summed E-state index contributed by atoms with van der Waals surface area (Å²) in [5, 5.41) is 14.3. The smallest absolute Gasteiger partial charge is 0.347 e. The van der Waals surface area contributed by atoms with E-state index >= 15 is 0 Å². The lowest BCUT2D eigenvalue weighted by molar-refractivity contribution is -0.149. The lowest BCUT2D eigenvalue weighted by Gasteiger charge is -2.39. The number of carboxylic acid groups (broad SMARTS) is 1. The van der Waals surface area contributed by atoms with Gasteiger partial charge in [-0.3, -0.25) is 10.1 Å². The average Bonchev–Trinajstić information content (AvgIpc) is 3.07. The number of carboxylic acids is 1. The molecule has 10 heteroatoms. The Hall–Kier alpha value is -4.47. The molecule has 0 spiro atoms. The number of aliphatic carboxylic acids is 1. The Kier molecular flexibility index (Phi) is 7.92. The van der Waals surface area contributed by atoms with Crippen molar-refractivity contribution in [3.8, 4) is 11.8 Å².